The van der Waals surface area contributed by atoms with E-state index in [0.717, 1.165) is 22.9 Å². The largest absolute Gasteiger partial charge is 0.383 e. The van der Waals surface area contributed by atoms with E-state index in [2.05, 4.69) is 23.4 Å². The highest BCUT2D eigenvalue weighted by molar-refractivity contribution is 5.70. The van der Waals surface area contributed by atoms with E-state index in [4.69, 9.17) is 10.7 Å². The molecule has 2 aromatic rings. The van der Waals surface area contributed by atoms with E-state index in [-0.39, 0.29) is 0 Å². The Hall–Kier alpha value is -1.84. The molecule has 0 unspecified atom stereocenters. The molecule has 0 aliphatic heterocycles. The summed E-state index contributed by atoms with van der Waals surface area (Å²) in [6, 6.07) is 4.27. The molecule has 0 atom stereocenters. The van der Waals surface area contributed by atoms with Crippen molar-refractivity contribution in [2.24, 2.45) is 0 Å². The van der Waals surface area contributed by atoms with E-state index in [9.17, 15) is 0 Å². The van der Waals surface area contributed by atoms with Crippen LogP contribution < -0.4 is 5.73 Å². The van der Waals surface area contributed by atoms with Gasteiger partial charge in [-0.2, -0.15) is 0 Å². The maximum absolute atomic E-state index is 6.28. The second kappa shape index (κ2) is 4.12. The third-order valence-electron chi connectivity index (χ3n) is 3.37. The Morgan fingerprint density at radius 3 is 2.72 bits per heavy atom. The van der Waals surface area contributed by atoms with E-state index < -0.39 is 0 Å². The third kappa shape index (κ3) is 1.78. The molecule has 0 aromatic carbocycles. The van der Waals surface area contributed by atoms with Gasteiger partial charge in [-0.15, -0.1) is 0 Å². The van der Waals surface area contributed by atoms with Gasteiger partial charge in [0.2, 0.25) is 0 Å². The van der Waals surface area contributed by atoms with Crippen molar-refractivity contribution in [1.82, 2.24) is 14.5 Å². The minimum Gasteiger partial charge on any atom is -0.383 e. The Morgan fingerprint density at radius 1 is 1.39 bits per heavy atom. The van der Waals surface area contributed by atoms with Crippen LogP contribution in [0.2, 0.25) is 0 Å². The Labute approximate surface area is 107 Å². The van der Waals surface area contributed by atoms with Gasteiger partial charge in [-0.3, -0.25) is 4.98 Å². The lowest BCUT2D eigenvalue weighted by atomic mass is 10.2. The van der Waals surface area contributed by atoms with Gasteiger partial charge in [-0.05, 0) is 38.8 Å². The number of hydrogen-bond donors (Lipinski definition) is 1. The van der Waals surface area contributed by atoms with Crippen LogP contribution in [0, 0.1) is 0 Å². The van der Waals surface area contributed by atoms with Gasteiger partial charge in [-0.25, -0.2) is 4.98 Å². The fraction of sp³-hybridized carbons (Fsp3) is 0.429. The van der Waals surface area contributed by atoms with Crippen molar-refractivity contribution in [3.63, 3.8) is 0 Å². The summed E-state index contributed by atoms with van der Waals surface area (Å²) in [6.07, 6.45) is 6.05. The fourth-order valence-corrected chi connectivity index (χ4v) is 2.35. The lowest BCUT2D eigenvalue weighted by Crippen LogP contribution is -2.08. The first-order chi connectivity index (χ1) is 8.68. The maximum atomic E-state index is 6.28. The molecule has 0 saturated heterocycles. The molecule has 2 N–H and O–H groups in total. The lowest BCUT2D eigenvalue weighted by Gasteiger charge is -2.13. The van der Waals surface area contributed by atoms with Crippen molar-refractivity contribution in [3.8, 4) is 11.3 Å². The van der Waals surface area contributed by atoms with Crippen molar-refractivity contribution < 1.29 is 0 Å². The summed E-state index contributed by atoms with van der Waals surface area (Å²) in [4.78, 5) is 8.90. The summed E-state index contributed by atoms with van der Waals surface area (Å²) in [6.45, 7) is 4.30. The van der Waals surface area contributed by atoms with Crippen LogP contribution in [0.3, 0.4) is 0 Å². The van der Waals surface area contributed by atoms with E-state index >= 15 is 0 Å². The van der Waals surface area contributed by atoms with Gasteiger partial charge >= 0.3 is 0 Å². The molecule has 18 heavy (non-hydrogen) atoms. The highest BCUT2D eigenvalue weighted by Gasteiger charge is 2.31. The van der Waals surface area contributed by atoms with Crippen LogP contribution in [0.1, 0.15) is 44.5 Å². The van der Waals surface area contributed by atoms with Crippen LogP contribution in [-0.4, -0.2) is 14.5 Å². The zero-order chi connectivity index (χ0) is 12.7. The zero-order valence-corrected chi connectivity index (χ0v) is 10.8. The van der Waals surface area contributed by atoms with Gasteiger partial charge in [0, 0.05) is 29.9 Å². The number of anilines is 1. The molecule has 1 saturated carbocycles. The van der Waals surface area contributed by atoms with E-state index in [1.807, 2.05) is 18.3 Å². The zero-order valence-electron chi connectivity index (χ0n) is 10.8. The first-order valence-corrected chi connectivity index (χ1v) is 6.46. The Bertz CT molecular complexity index is 553. The summed E-state index contributed by atoms with van der Waals surface area (Å²) in [5, 5.41) is 0. The number of nitrogen functional groups attached to an aromatic ring is 1. The topological polar surface area (TPSA) is 56.7 Å². The quantitative estimate of drug-likeness (QED) is 0.900. The van der Waals surface area contributed by atoms with Crippen molar-refractivity contribution in [3.05, 3.63) is 30.4 Å². The molecule has 0 bridgehead atoms. The fourth-order valence-electron chi connectivity index (χ4n) is 2.35. The Morgan fingerprint density at radius 2 is 2.17 bits per heavy atom. The van der Waals surface area contributed by atoms with Crippen molar-refractivity contribution >= 4 is 5.82 Å². The molecule has 94 valence electrons. The number of imidazole rings is 1. The predicted molar refractivity (Wildman–Crippen MR) is 72.2 cm³/mol. The molecule has 0 spiro atoms. The number of rotatable bonds is 3. The standard InChI is InChI=1S/C14H18N4/c1-9(2)18-13(15)12(11-4-3-7-16-8-11)17-14(18)10-5-6-10/h3-4,7-10H,5-6,15H2,1-2H3. The van der Waals surface area contributed by atoms with Gasteiger partial charge in [0.1, 0.15) is 17.3 Å². The van der Waals surface area contributed by atoms with Gasteiger partial charge in [0.25, 0.3) is 0 Å². The monoisotopic (exact) mass is 242 g/mol. The molecule has 4 heteroatoms. The number of nitrogens with two attached hydrogens (primary N) is 1. The average molecular weight is 242 g/mol. The molecule has 0 radical (unpaired) electrons. The molecule has 1 fully saturated rings. The third-order valence-corrected chi connectivity index (χ3v) is 3.37. The molecule has 0 amide bonds. The summed E-state index contributed by atoms with van der Waals surface area (Å²) in [5.41, 5.74) is 8.15. The van der Waals surface area contributed by atoms with Crippen molar-refractivity contribution in [1.29, 1.82) is 0 Å². The van der Waals surface area contributed by atoms with Crippen LogP contribution in [-0.2, 0) is 0 Å². The summed E-state index contributed by atoms with van der Waals surface area (Å²) < 4.78 is 2.17. The molecule has 1 aliphatic rings. The van der Waals surface area contributed by atoms with Crippen LogP contribution >= 0.6 is 0 Å². The normalized spacial score (nSPS) is 15.3. The lowest BCUT2D eigenvalue weighted by molar-refractivity contribution is 0.576. The van der Waals surface area contributed by atoms with Crippen LogP contribution in [0.4, 0.5) is 5.82 Å². The minimum absolute atomic E-state index is 0.346. The van der Waals surface area contributed by atoms with E-state index in [0.29, 0.717) is 12.0 Å². The van der Waals surface area contributed by atoms with Crippen molar-refractivity contribution in [2.75, 3.05) is 5.73 Å². The molecular formula is C14H18N4. The number of pyridine rings is 1. The highest BCUT2D eigenvalue weighted by Crippen LogP contribution is 2.43. The molecular weight excluding hydrogens is 224 g/mol. The van der Waals surface area contributed by atoms with Crippen LogP contribution in [0.5, 0.6) is 0 Å². The maximum Gasteiger partial charge on any atom is 0.132 e. The molecule has 2 heterocycles. The van der Waals surface area contributed by atoms with Gasteiger partial charge in [0.05, 0.1) is 0 Å². The summed E-state index contributed by atoms with van der Waals surface area (Å²) >= 11 is 0. The van der Waals surface area contributed by atoms with Crippen LogP contribution in [0.25, 0.3) is 11.3 Å². The SMILES string of the molecule is CC(C)n1c(C2CC2)nc(-c2cccnc2)c1N. The minimum atomic E-state index is 0.346. The van der Waals surface area contributed by atoms with Gasteiger partial charge in [0.15, 0.2) is 0 Å². The summed E-state index contributed by atoms with van der Waals surface area (Å²) in [5.74, 6) is 2.50. The molecule has 3 rings (SSSR count). The molecule has 4 nitrogen and oxygen atoms in total. The molecule has 2 aromatic heterocycles. The number of nitrogens with zero attached hydrogens (tertiary/aromatic N) is 3. The average Bonchev–Trinajstić information content (AvgIpc) is 3.14. The van der Waals surface area contributed by atoms with Crippen LogP contribution in [0.15, 0.2) is 24.5 Å². The number of aromatic nitrogens is 3. The Kier molecular flexibility index (Phi) is 2.58. The first-order valence-electron chi connectivity index (χ1n) is 6.46. The smallest absolute Gasteiger partial charge is 0.132 e. The second-order valence-electron chi connectivity index (χ2n) is 5.18. The summed E-state index contributed by atoms with van der Waals surface area (Å²) in [7, 11) is 0. The Balaban J connectivity index is 2.14. The molecule has 1 aliphatic carbocycles. The number of hydrogen-bond acceptors (Lipinski definition) is 3. The van der Waals surface area contributed by atoms with Crippen molar-refractivity contribution in [2.45, 2.75) is 38.6 Å². The van der Waals surface area contributed by atoms with Gasteiger partial charge < -0.3 is 10.3 Å². The van der Waals surface area contributed by atoms with Gasteiger partial charge in [-0.1, -0.05) is 0 Å². The second-order valence-corrected chi connectivity index (χ2v) is 5.18. The van der Waals surface area contributed by atoms with E-state index in [1.165, 1.54) is 12.8 Å². The first kappa shape index (κ1) is 11.3. The highest BCUT2D eigenvalue weighted by atomic mass is 15.2. The van der Waals surface area contributed by atoms with E-state index in [1.54, 1.807) is 6.20 Å². The predicted octanol–water partition coefficient (Wildman–Crippen LogP) is 2.99.